The van der Waals surface area contributed by atoms with Crippen LogP contribution in [0.4, 0.5) is 0 Å². The molecule has 7 nitrogen and oxygen atoms in total. The fraction of sp³-hybridized carbons (Fsp3) is 0.125. The van der Waals surface area contributed by atoms with Crippen molar-refractivity contribution in [1.82, 2.24) is 29.8 Å². The number of halogens is 1. The first-order chi connectivity index (χ1) is 11.7. The lowest BCUT2D eigenvalue weighted by atomic mass is 10.2. The number of aromatic nitrogens is 6. The minimum absolute atomic E-state index is 0.561. The maximum Gasteiger partial charge on any atom is 0.157 e. The molecule has 2 heterocycles. The molecule has 0 spiro atoms. The molecule has 4 rings (SSSR count). The van der Waals surface area contributed by atoms with Gasteiger partial charge in [-0.3, -0.25) is 0 Å². The molecule has 120 valence electrons. The largest absolute Gasteiger partial charge is 0.455 e. The summed E-state index contributed by atoms with van der Waals surface area (Å²) in [6.07, 6.45) is 3.19. The first kappa shape index (κ1) is 14.8. The average Bonchev–Trinajstić information content (AvgIpc) is 3.21. The lowest BCUT2D eigenvalue weighted by Crippen LogP contribution is -2.02. The van der Waals surface area contributed by atoms with Crippen LogP contribution in [0.1, 0.15) is 5.56 Å². The van der Waals surface area contributed by atoms with E-state index < -0.39 is 0 Å². The number of hydrogen-bond donors (Lipinski definition) is 0. The highest BCUT2D eigenvalue weighted by molar-refractivity contribution is 9.10. The van der Waals surface area contributed by atoms with Gasteiger partial charge in [-0.1, -0.05) is 27.2 Å². The molecule has 0 bridgehead atoms. The Kier molecular flexibility index (Phi) is 3.73. The maximum atomic E-state index is 6.14. The Morgan fingerprint density at radius 3 is 2.92 bits per heavy atom. The number of fused-ring (bicyclic) bond motifs is 1. The molecular formula is C16H13BrN6O. The van der Waals surface area contributed by atoms with Gasteiger partial charge in [0, 0.05) is 17.1 Å². The van der Waals surface area contributed by atoms with Crippen LogP contribution in [0.3, 0.4) is 0 Å². The molecule has 0 N–H and O–H groups in total. The summed E-state index contributed by atoms with van der Waals surface area (Å²) in [5, 5.41) is 12.4. The monoisotopic (exact) mass is 384 g/mol. The van der Waals surface area contributed by atoms with Gasteiger partial charge in [-0.25, -0.2) is 14.3 Å². The molecule has 0 fully saturated rings. The van der Waals surface area contributed by atoms with Gasteiger partial charge in [0.1, 0.15) is 18.4 Å². The van der Waals surface area contributed by atoms with Gasteiger partial charge < -0.3 is 4.74 Å². The molecule has 0 unspecified atom stereocenters. The number of nitrogens with zero attached hydrogens (tertiary/aromatic N) is 6. The Balaban J connectivity index is 1.73. The number of rotatable bonds is 4. The van der Waals surface area contributed by atoms with E-state index in [1.807, 2.05) is 43.4 Å². The maximum absolute atomic E-state index is 6.14. The minimum Gasteiger partial charge on any atom is -0.455 e. The normalized spacial score (nSPS) is 11.1. The van der Waals surface area contributed by atoms with E-state index in [0.29, 0.717) is 12.3 Å². The number of hydrogen-bond acceptors (Lipinski definition) is 5. The molecule has 0 saturated carbocycles. The summed E-state index contributed by atoms with van der Waals surface area (Å²) in [4.78, 5) is 3.98. The zero-order valence-electron chi connectivity index (χ0n) is 12.8. The SMILES string of the molecule is Cn1nnc2c(Oc3ccc(Br)cc3Cn3cncn3)cccc21. The summed E-state index contributed by atoms with van der Waals surface area (Å²) in [7, 11) is 1.86. The molecule has 0 amide bonds. The number of benzene rings is 2. The van der Waals surface area contributed by atoms with E-state index in [1.165, 1.54) is 6.33 Å². The van der Waals surface area contributed by atoms with Crippen LogP contribution < -0.4 is 4.74 Å². The lowest BCUT2D eigenvalue weighted by molar-refractivity contribution is 0.476. The Morgan fingerprint density at radius 1 is 1.17 bits per heavy atom. The van der Waals surface area contributed by atoms with Gasteiger partial charge in [0.05, 0.1) is 12.1 Å². The second-order valence-corrected chi connectivity index (χ2v) is 6.20. The quantitative estimate of drug-likeness (QED) is 0.540. The van der Waals surface area contributed by atoms with Crippen LogP contribution in [-0.4, -0.2) is 29.8 Å². The van der Waals surface area contributed by atoms with E-state index in [0.717, 1.165) is 26.8 Å². The minimum atomic E-state index is 0.561. The Labute approximate surface area is 146 Å². The van der Waals surface area contributed by atoms with Crippen LogP contribution in [0.2, 0.25) is 0 Å². The molecule has 0 saturated heterocycles. The Morgan fingerprint density at radius 2 is 2.08 bits per heavy atom. The molecule has 4 aromatic rings. The van der Waals surface area contributed by atoms with E-state index in [9.17, 15) is 0 Å². The van der Waals surface area contributed by atoms with Crippen molar-refractivity contribution in [1.29, 1.82) is 0 Å². The molecule has 0 aliphatic heterocycles. The summed E-state index contributed by atoms with van der Waals surface area (Å²) in [5.74, 6) is 1.41. The van der Waals surface area contributed by atoms with Crippen molar-refractivity contribution < 1.29 is 4.74 Å². The van der Waals surface area contributed by atoms with Crippen LogP contribution in [0.25, 0.3) is 11.0 Å². The lowest BCUT2D eigenvalue weighted by Gasteiger charge is -2.12. The summed E-state index contributed by atoms with van der Waals surface area (Å²) in [5.41, 5.74) is 2.63. The predicted molar refractivity (Wildman–Crippen MR) is 91.8 cm³/mol. The van der Waals surface area contributed by atoms with E-state index in [1.54, 1.807) is 15.7 Å². The standard InChI is InChI=1S/C16H13BrN6O/c1-22-13-3-2-4-15(16(13)20-21-22)24-14-6-5-12(17)7-11(14)8-23-10-18-9-19-23/h2-7,9-10H,8H2,1H3. The second-order valence-electron chi connectivity index (χ2n) is 5.28. The molecule has 24 heavy (non-hydrogen) atoms. The van der Waals surface area contributed by atoms with Gasteiger partial charge >= 0.3 is 0 Å². The van der Waals surface area contributed by atoms with Gasteiger partial charge in [-0.2, -0.15) is 5.10 Å². The van der Waals surface area contributed by atoms with Crippen LogP contribution in [0, 0.1) is 0 Å². The van der Waals surface area contributed by atoms with Gasteiger partial charge in [0.2, 0.25) is 0 Å². The molecule has 0 radical (unpaired) electrons. The molecule has 0 atom stereocenters. The predicted octanol–water partition coefficient (Wildman–Crippen LogP) is 3.16. The van der Waals surface area contributed by atoms with Crippen molar-refractivity contribution in [2.24, 2.45) is 7.05 Å². The van der Waals surface area contributed by atoms with Gasteiger partial charge in [-0.05, 0) is 30.3 Å². The van der Waals surface area contributed by atoms with Crippen LogP contribution in [0.5, 0.6) is 11.5 Å². The van der Waals surface area contributed by atoms with Gasteiger partial charge in [0.15, 0.2) is 11.3 Å². The Bertz CT molecular complexity index is 995. The van der Waals surface area contributed by atoms with Crippen molar-refractivity contribution in [2.75, 3.05) is 0 Å². The summed E-state index contributed by atoms with van der Waals surface area (Å²) < 4.78 is 10.6. The van der Waals surface area contributed by atoms with E-state index in [-0.39, 0.29) is 0 Å². The molecular weight excluding hydrogens is 372 g/mol. The number of aryl methyl sites for hydroxylation is 1. The first-order valence-corrected chi connectivity index (χ1v) is 8.07. The van der Waals surface area contributed by atoms with Crippen molar-refractivity contribution in [3.63, 3.8) is 0 Å². The summed E-state index contributed by atoms with van der Waals surface area (Å²) in [6, 6.07) is 11.6. The smallest absolute Gasteiger partial charge is 0.157 e. The van der Waals surface area contributed by atoms with E-state index in [4.69, 9.17) is 4.74 Å². The van der Waals surface area contributed by atoms with E-state index >= 15 is 0 Å². The van der Waals surface area contributed by atoms with Crippen LogP contribution in [-0.2, 0) is 13.6 Å². The fourth-order valence-electron chi connectivity index (χ4n) is 2.49. The first-order valence-electron chi connectivity index (χ1n) is 7.28. The van der Waals surface area contributed by atoms with Gasteiger partial charge in [0.25, 0.3) is 0 Å². The van der Waals surface area contributed by atoms with Gasteiger partial charge in [-0.15, -0.1) is 5.10 Å². The van der Waals surface area contributed by atoms with Crippen LogP contribution >= 0.6 is 15.9 Å². The molecule has 2 aromatic heterocycles. The zero-order chi connectivity index (χ0) is 16.5. The van der Waals surface area contributed by atoms with Crippen molar-refractivity contribution in [3.05, 3.63) is 59.1 Å². The van der Waals surface area contributed by atoms with Crippen molar-refractivity contribution >= 4 is 27.0 Å². The average molecular weight is 385 g/mol. The summed E-state index contributed by atoms with van der Waals surface area (Å²) in [6.45, 7) is 0.561. The third-order valence-electron chi connectivity index (χ3n) is 3.65. The third-order valence-corrected chi connectivity index (χ3v) is 4.14. The topological polar surface area (TPSA) is 70.7 Å². The molecule has 0 aliphatic rings. The molecule has 0 aliphatic carbocycles. The number of ether oxygens (including phenoxy) is 1. The Hall–Kier alpha value is -2.74. The fourth-order valence-corrected chi connectivity index (χ4v) is 2.90. The zero-order valence-corrected chi connectivity index (χ0v) is 14.4. The highest BCUT2D eigenvalue weighted by atomic mass is 79.9. The van der Waals surface area contributed by atoms with Crippen LogP contribution in [0.15, 0.2) is 53.5 Å². The highest BCUT2D eigenvalue weighted by Crippen LogP contribution is 2.32. The van der Waals surface area contributed by atoms with Crippen molar-refractivity contribution in [3.8, 4) is 11.5 Å². The van der Waals surface area contributed by atoms with E-state index in [2.05, 4.69) is 36.3 Å². The highest BCUT2D eigenvalue weighted by Gasteiger charge is 2.12. The van der Waals surface area contributed by atoms with Crippen molar-refractivity contribution in [2.45, 2.75) is 6.54 Å². The third kappa shape index (κ3) is 2.76. The second kappa shape index (κ2) is 6.04. The molecule has 8 heteroatoms. The molecule has 2 aromatic carbocycles. The summed E-state index contributed by atoms with van der Waals surface area (Å²) >= 11 is 3.50.